The number of benzene rings is 1. The Kier molecular flexibility index (Phi) is 4.57. The van der Waals surface area contributed by atoms with Crippen LogP contribution in [-0.2, 0) is 18.4 Å². The van der Waals surface area contributed by atoms with Crippen LogP contribution >= 0.6 is 0 Å². The molecule has 0 unspecified atom stereocenters. The normalized spacial score (nSPS) is 11.7. The van der Waals surface area contributed by atoms with Gasteiger partial charge in [0, 0.05) is 37.1 Å². The number of carbonyl (C=O) groups excluding carboxylic acids is 1. The summed E-state index contributed by atoms with van der Waals surface area (Å²) in [7, 11) is 3.84. The van der Waals surface area contributed by atoms with Gasteiger partial charge in [-0.15, -0.1) is 0 Å². The third kappa shape index (κ3) is 3.55. The molecule has 0 aliphatic carbocycles. The standard InChI is InChI=1S/C20H22N4O/c1-14(10-15-8-9-19(21)22-12-15)20(25)23(2)13-17-11-16-6-4-5-7-18(16)24(17)3/h4-12H,13H2,1-3H3,(H2,21,22)/b14-10+. The Labute approximate surface area is 147 Å². The van der Waals surface area contributed by atoms with Gasteiger partial charge in [-0.2, -0.15) is 0 Å². The molecule has 25 heavy (non-hydrogen) atoms. The molecule has 0 fully saturated rings. The summed E-state index contributed by atoms with van der Waals surface area (Å²) in [6, 6.07) is 13.9. The van der Waals surface area contributed by atoms with Gasteiger partial charge >= 0.3 is 0 Å². The maximum absolute atomic E-state index is 12.6. The molecule has 2 N–H and O–H groups in total. The molecule has 2 heterocycles. The summed E-state index contributed by atoms with van der Waals surface area (Å²) in [6.07, 6.45) is 3.49. The zero-order valence-corrected chi connectivity index (χ0v) is 14.7. The van der Waals surface area contributed by atoms with Crippen molar-refractivity contribution >= 4 is 28.7 Å². The average Bonchev–Trinajstić information content (AvgIpc) is 2.92. The van der Waals surface area contributed by atoms with Gasteiger partial charge in [0.05, 0.1) is 6.54 Å². The maximum Gasteiger partial charge on any atom is 0.249 e. The Morgan fingerprint density at radius 2 is 2.04 bits per heavy atom. The molecule has 3 rings (SSSR count). The number of fused-ring (bicyclic) bond motifs is 1. The number of hydrogen-bond donors (Lipinski definition) is 1. The molecule has 2 aromatic heterocycles. The predicted molar refractivity (Wildman–Crippen MR) is 102 cm³/mol. The van der Waals surface area contributed by atoms with Crippen molar-refractivity contribution in [2.75, 3.05) is 12.8 Å². The molecular weight excluding hydrogens is 312 g/mol. The Hall–Kier alpha value is -3.08. The summed E-state index contributed by atoms with van der Waals surface area (Å²) >= 11 is 0. The number of rotatable bonds is 4. The second-order valence-corrected chi connectivity index (χ2v) is 6.26. The van der Waals surface area contributed by atoms with Crippen LogP contribution < -0.4 is 5.73 Å². The third-order valence-corrected chi connectivity index (χ3v) is 4.33. The lowest BCUT2D eigenvalue weighted by Gasteiger charge is -2.18. The summed E-state index contributed by atoms with van der Waals surface area (Å²) in [5.74, 6) is 0.455. The number of anilines is 1. The van der Waals surface area contributed by atoms with Crippen LogP contribution in [0.2, 0.25) is 0 Å². The predicted octanol–water partition coefficient (Wildman–Crippen LogP) is 3.22. The largest absolute Gasteiger partial charge is 0.384 e. The van der Waals surface area contributed by atoms with Crippen LogP contribution in [0.25, 0.3) is 17.0 Å². The minimum Gasteiger partial charge on any atom is -0.384 e. The van der Waals surface area contributed by atoms with Crippen LogP contribution in [0, 0.1) is 0 Å². The zero-order chi connectivity index (χ0) is 18.0. The second kappa shape index (κ2) is 6.81. The fraction of sp³-hybridized carbons (Fsp3) is 0.200. The molecule has 0 radical (unpaired) electrons. The first-order chi connectivity index (χ1) is 12.0. The fourth-order valence-electron chi connectivity index (χ4n) is 2.93. The van der Waals surface area contributed by atoms with Crippen LogP contribution in [0.1, 0.15) is 18.2 Å². The molecule has 1 amide bonds. The highest BCUT2D eigenvalue weighted by Gasteiger charge is 2.14. The van der Waals surface area contributed by atoms with Crippen LogP contribution in [0.3, 0.4) is 0 Å². The Morgan fingerprint density at radius 1 is 1.28 bits per heavy atom. The molecule has 0 aliphatic heterocycles. The minimum atomic E-state index is -0.0120. The molecule has 0 saturated carbocycles. The van der Waals surface area contributed by atoms with Gasteiger partial charge in [-0.3, -0.25) is 4.79 Å². The van der Waals surface area contributed by atoms with Gasteiger partial charge in [-0.25, -0.2) is 4.98 Å². The van der Waals surface area contributed by atoms with Gasteiger partial charge < -0.3 is 15.2 Å². The van der Waals surface area contributed by atoms with Crippen molar-refractivity contribution in [1.82, 2.24) is 14.5 Å². The molecule has 0 bridgehead atoms. The van der Waals surface area contributed by atoms with Crippen LogP contribution in [0.15, 0.2) is 54.2 Å². The topological polar surface area (TPSA) is 64.2 Å². The molecule has 0 spiro atoms. The average molecular weight is 334 g/mol. The maximum atomic E-state index is 12.6. The molecule has 1 aromatic carbocycles. The van der Waals surface area contributed by atoms with Gasteiger partial charge in [-0.1, -0.05) is 18.2 Å². The van der Waals surface area contributed by atoms with E-state index in [1.165, 1.54) is 10.9 Å². The van der Waals surface area contributed by atoms with Crippen molar-refractivity contribution < 1.29 is 4.79 Å². The lowest BCUT2D eigenvalue weighted by molar-refractivity contribution is -0.126. The van der Waals surface area contributed by atoms with E-state index in [9.17, 15) is 4.79 Å². The van der Waals surface area contributed by atoms with Gasteiger partial charge in [0.1, 0.15) is 5.82 Å². The van der Waals surface area contributed by atoms with E-state index >= 15 is 0 Å². The van der Waals surface area contributed by atoms with Crippen molar-refractivity contribution in [3.63, 3.8) is 0 Å². The smallest absolute Gasteiger partial charge is 0.249 e. The van der Waals surface area contributed by atoms with Crippen molar-refractivity contribution in [2.45, 2.75) is 13.5 Å². The highest BCUT2D eigenvalue weighted by atomic mass is 16.2. The Morgan fingerprint density at radius 3 is 2.72 bits per heavy atom. The first-order valence-corrected chi connectivity index (χ1v) is 8.14. The number of aromatic nitrogens is 2. The van der Waals surface area contributed by atoms with E-state index in [0.717, 1.165) is 11.3 Å². The number of likely N-dealkylation sites (N-methyl/N-ethyl adjacent to an activating group) is 1. The molecular formula is C20H22N4O. The summed E-state index contributed by atoms with van der Waals surface area (Å²) in [5, 5.41) is 1.18. The first kappa shape index (κ1) is 16.8. The zero-order valence-electron chi connectivity index (χ0n) is 14.7. The second-order valence-electron chi connectivity index (χ2n) is 6.26. The van der Waals surface area contributed by atoms with Gasteiger partial charge in [-0.05, 0) is 48.2 Å². The van der Waals surface area contributed by atoms with Gasteiger partial charge in [0.25, 0.3) is 0 Å². The van der Waals surface area contributed by atoms with E-state index in [1.807, 2.05) is 45.3 Å². The van der Waals surface area contributed by atoms with E-state index in [1.54, 1.807) is 17.2 Å². The number of nitrogen functional groups attached to an aromatic ring is 1. The summed E-state index contributed by atoms with van der Waals surface area (Å²) in [4.78, 5) is 18.4. The molecule has 128 valence electrons. The molecule has 0 aliphatic rings. The molecule has 5 nitrogen and oxygen atoms in total. The number of nitrogens with two attached hydrogens (primary N) is 1. The lowest BCUT2D eigenvalue weighted by Crippen LogP contribution is -2.27. The fourth-order valence-corrected chi connectivity index (χ4v) is 2.93. The molecule has 0 atom stereocenters. The monoisotopic (exact) mass is 334 g/mol. The Bertz CT molecular complexity index is 938. The lowest BCUT2D eigenvalue weighted by atomic mass is 10.1. The van der Waals surface area contributed by atoms with Crippen molar-refractivity contribution in [2.24, 2.45) is 7.05 Å². The van der Waals surface area contributed by atoms with E-state index in [-0.39, 0.29) is 5.91 Å². The summed E-state index contributed by atoms with van der Waals surface area (Å²) < 4.78 is 2.13. The summed E-state index contributed by atoms with van der Waals surface area (Å²) in [5.41, 5.74) is 9.37. The number of para-hydroxylation sites is 1. The van der Waals surface area contributed by atoms with Crippen molar-refractivity contribution in [3.05, 3.63) is 65.5 Å². The van der Waals surface area contributed by atoms with E-state index in [2.05, 4.69) is 27.8 Å². The van der Waals surface area contributed by atoms with Crippen LogP contribution in [0.4, 0.5) is 5.82 Å². The number of amides is 1. The van der Waals surface area contributed by atoms with Gasteiger partial charge in [0.2, 0.25) is 5.91 Å². The third-order valence-electron chi connectivity index (χ3n) is 4.33. The number of aryl methyl sites for hydroxylation is 1. The van der Waals surface area contributed by atoms with Gasteiger partial charge in [0.15, 0.2) is 0 Å². The van der Waals surface area contributed by atoms with E-state index in [0.29, 0.717) is 17.9 Å². The SMILES string of the molecule is C/C(=C\c1ccc(N)nc1)C(=O)N(C)Cc1cc2ccccc2n1C. The Balaban J connectivity index is 1.77. The number of pyridine rings is 1. The summed E-state index contributed by atoms with van der Waals surface area (Å²) in [6.45, 7) is 2.37. The number of hydrogen-bond acceptors (Lipinski definition) is 3. The number of nitrogens with zero attached hydrogens (tertiary/aromatic N) is 3. The quantitative estimate of drug-likeness (QED) is 0.745. The molecule has 0 saturated heterocycles. The van der Waals surface area contributed by atoms with Crippen LogP contribution in [-0.4, -0.2) is 27.4 Å². The first-order valence-electron chi connectivity index (χ1n) is 8.14. The molecule has 5 heteroatoms. The highest BCUT2D eigenvalue weighted by Crippen LogP contribution is 2.20. The van der Waals surface area contributed by atoms with Crippen molar-refractivity contribution in [3.8, 4) is 0 Å². The van der Waals surface area contributed by atoms with Crippen molar-refractivity contribution in [1.29, 1.82) is 0 Å². The van der Waals surface area contributed by atoms with E-state index < -0.39 is 0 Å². The van der Waals surface area contributed by atoms with E-state index in [4.69, 9.17) is 5.73 Å². The minimum absolute atomic E-state index is 0.0120. The van der Waals surface area contributed by atoms with Crippen LogP contribution in [0.5, 0.6) is 0 Å². The highest BCUT2D eigenvalue weighted by molar-refractivity contribution is 5.97. The molecule has 3 aromatic rings. The number of carbonyl (C=O) groups is 1.